The standard InChI is InChI=1S/C28H35F3N6O/c1-16-8-19(9-17(2)32-16)26-21-10-20-12-37(27(38)33-23(20)11-24(21)34-35-26)25-14-36(15-28(29,30)31)13-22(25)18-6-4-3-5-7-18/h3-9,20-26,34-35H,10-15H2,1-2H3,(H,33,38)/t20?,21?,22-,23?,24?,25+,26?/m0/s1. The van der Waals surface area contributed by atoms with E-state index < -0.39 is 12.7 Å². The number of carbonyl (C=O) groups is 1. The normalized spacial score (nSPS) is 33.7. The lowest BCUT2D eigenvalue weighted by atomic mass is 9.71. The van der Waals surface area contributed by atoms with Crippen LogP contribution in [0.15, 0.2) is 42.5 Å². The molecule has 10 heteroatoms. The van der Waals surface area contributed by atoms with Crippen LogP contribution in [0.4, 0.5) is 18.0 Å². The Kier molecular flexibility index (Phi) is 6.60. The number of hydrogen-bond donors (Lipinski definition) is 3. The third kappa shape index (κ3) is 5.01. The SMILES string of the molecule is Cc1cc(C2NNC3CC4NC(=O)N([C@@H]5CN(CC(F)(F)F)C[C@H]5c5ccccc5)CC4CC32)cc(C)n1. The Bertz CT molecular complexity index is 1160. The molecule has 0 spiro atoms. The number of fused-ring (bicyclic) bond motifs is 2. The van der Waals surface area contributed by atoms with Gasteiger partial charge in [0.25, 0.3) is 0 Å². The Balaban J connectivity index is 1.22. The van der Waals surface area contributed by atoms with Gasteiger partial charge in [0, 0.05) is 49.0 Å². The average molecular weight is 529 g/mol. The molecule has 4 fully saturated rings. The summed E-state index contributed by atoms with van der Waals surface area (Å²) in [5.74, 6) is 0.419. The fourth-order valence-corrected chi connectivity index (χ4v) is 7.37. The summed E-state index contributed by atoms with van der Waals surface area (Å²) in [4.78, 5) is 21.2. The highest BCUT2D eigenvalue weighted by molar-refractivity contribution is 5.76. The molecule has 0 bridgehead atoms. The fraction of sp³-hybridized carbons (Fsp3) is 0.571. The molecule has 7 nitrogen and oxygen atoms in total. The van der Waals surface area contributed by atoms with Crippen LogP contribution in [0.3, 0.4) is 0 Å². The van der Waals surface area contributed by atoms with E-state index in [-0.39, 0.29) is 55.1 Å². The highest BCUT2D eigenvalue weighted by Gasteiger charge is 2.51. The third-order valence-electron chi connectivity index (χ3n) is 8.88. The van der Waals surface area contributed by atoms with E-state index in [1.807, 2.05) is 49.1 Å². The number of rotatable bonds is 4. The first-order valence-electron chi connectivity index (χ1n) is 13.5. The zero-order valence-corrected chi connectivity index (χ0v) is 21.7. The minimum atomic E-state index is -4.27. The summed E-state index contributed by atoms with van der Waals surface area (Å²) in [6, 6.07) is 13.9. The monoisotopic (exact) mass is 528 g/mol. The van der Waals surface area contributed by atoms with Gasteiger partial charge in [0.05, 0.1) is 18.6 Å². The van der Waals surface area contributed by atoms with Gasteiger partial charge in [-0.3, -0.25) is 15.3 Å². The maximum Gasteiger partial charge on any atom is 0.401 e. The number of alkyl halides is 3. The first-order chi connectivity index (χ1) is 18.1. The van der Waals surface area contributed by atoms with E-state index in [4.69, 9.17) is 0 Å². The van der Waals surface area contributed by atoms with Gasteiger partial charge in [0.15, 0.2) is 0 Å². The minimum Gasteiger partial charge on any atom is -0.335 e. The van der Waals surface area contributed by atoms with Crippen LogP contribution in [-0.4, -0.2) is 71.3 Å². The van der Waals surface area contributed by atoms with Crippen LogP contribution in [0.2, 0.25) is 0 Å². The smallest absolute Gasteiger partial charge is 0.335 e. The fourth-order valence-electron chi connectivity index (χ4n) is 7.37. The van der Waals surface area contributed by atoms with E-state index in [0.29, 0.717) is 12.5 Å². The summed E-state index contributed by atoms with van der Waals surface area (Å²) in [6.45, 7) is 4.13. The van der Waals surface area contributed by atoms with Crippen molar-refractivity contribution in [1.29, 1.82) is 0 Å². The first kappa shape index (κ1) is 25.6. The van der Waals surface area contributed by atoms with Crippen LogP contribution in [-0.2, 0) is 0 Å². The zero-order chi connectivity index (χ0) is 26.6. The molecule has 6 rings (SSSR count). The Morgan fingerprint density at radius 2 is 1.68 bits per heavy atom. The third-order valence-corrected chi connectivity index (χ3v) is 8.88. The predicted octanol–water partition coefficient (Wildman–Crippen LogP) is 3.67. The van der Waals surface area contributed by atoms with Crippen molar-refractivity contribution >= 4 is 6.03 Å². The maximum atomic E-state index is 13.4. The number of aryl methyl sites for hydroxylation is 2. The highest BCUT2D eigenvalue weighted by Crippen LogP contribution is 2.43. The number of nitrogens with zero attached hydrogens (tertiary/aromatic N) is 3. The molecular formula is C28H35F3N6O. The molecule has 3 N–H and O–H groups in total. The Morgan fingerprint density at radius 1 is 0.947 bits per heavy atom. The molecule has 1 saturated carbocycles. The second kappa shape index (κ2) is 9.81. The quantitative estimate of drug-likeness (QED) is 0.565. The Morgan fingerprint density at radius 3 is 2.39 bits per heavy atom. The van der Waals surface area contributed by atoms with Gasteiger partial charge in [0.1, 0.15) is 0 Å². The van der Waals surface area contributed by atoms with Crippen molar-refractivity contribution in [2.75, 3.05) is 26.2 Å². The molecule has 204 valence electrons. The lowest BCUT2D eigenvalue weighted by molar-refractivity contribution is -0.143. The van der Waals surface area contributed by atoms with Crippen LogP contribution < -0.4 is 16.2 Å². The van der Waals surface area contributed by atoms with Crippen molar-refractivity contribution in [1.82, 2.24) is 31.0 Å². The predicted molar refractivity (Wildman–Crippen MR) is 137 cm³/mol. The van der Waals surface area contributed by atoms with Gasteiger partial charge >= 0.3 is 12.2 Å². The van der Waals surface area contributed by atoms with Crippen LogP contribution in [0.1, 0.15) is 47.3 Å². The zero-order valence-electron chi connectivity index (χ0n) is 21.7. The van der Waals surface area contributed by atoms with Gasteiger partial charge in [-0.2, -0.15) is 13.2 Å². The number of hydrogen-bond acceptors (Lipinski definition) is 5. The number of likely N-dealkylation sites (tertiary alicyclic amines) is 1. The summed E-state index contributed by atoms with van der Waals surface area (Å²) in [5, 5.41) is 3.23. The van der Waals surface area contributed by atoms with Crippen molar-refractivity contribution in [2.24, 2.45) is 11.8 Å². The number of carbonyl (C=O) groups excluding carboxylic acids is 1. The molecule has 2 amide bonds. The van der Waals surface area contributed by atoms with Gasteiger partial charge in [-0.1, -0.05) is 30.3 Å². The van der Waals surface area contributed by atoms with E-state index >= 15 is 0 Å². The molecule has 38 heavy (non-hydrogen) atoms. The summed E-state index contributed by atoms with van der Waals surface area (Å²) >= 11 is 0. The van der Waals surface area contributed by atoms with E-state index in [1.54, 1.807) is 0 Å². The molecule has 7 atom stereocenters. The van der Waals surface area contributed by atoms with Gasteiger partial charge in [-0.15, -0.1) is 0 Å². The Labute approximate surface area is 221 Å². The summed E-state index contributed by atoms with van der Waals surface area (Å²) in [7, 11) is 0. The van der Waals surface area contributed by atoms with Crippen molar-refractivity contribution in [3.05, 3.63) is 65.0 Å². The molecule has 1 aromatic heterocycles. The number of hydrazine groups is 1. The van der Waals surface area contributed by atoms with Crippen molar-refractivity contribution in [3.63, 3.8) is 0 Å². The first-order valence-corrected chi connectivity index (χ1v) is 13.5. The highest BCUT2D eigenvalue weighted by atomic mass is 19.4. The number of nitrogens with one attached hydrogen (secondary N) is 3. The van der Waals surface area contributed by atoms with Crippen molar-refractivity contribution < 1.29 is 18.0 Å². The molecule has 4 heterocycles. The molecule has 1 aromatic carbocycles. The van der Waals surface area contributed by atoms with Crippen molar-refractivity contribution in [3.8, 4) is 0 Å². The van der Waals surface area contributed by atoms with Crippen LogP contribution in [0.5, 0.6) is 0 Å². The molecule has 1 aliphatic carbocycles. The van der Waals surface area contributed by atoms with Gasteiger partial charge < -0.3 is 10.2 Å². The molecule has 4 aliphatic rings. The number of urea groups is 1. The number of aromatic nitrogens is 1. The van der Waals surface area contributed by atoms with Crippen molar-refractivity contribution in [2.45, 2.75) is 63.0 Å². The van der Waals surface area contributed by atoms with Crippen LogP contribution in [0, 0.1) is 25.7 Å². The number of amides is 2. The summed E-state index contributed by atoms with van der Waals surface area (Å²) < 4.78 is 39.9. The summed E-state index contributed by atoms with van der Waals surface area (Å²) in [6.07, 6.45) is -2.52. The molecule has 3 aliphatic heterocycles. The largest absolute Gasteiger partial charge is 0.401 e. The van der Waals surface area contributed by atoms with Crippen LogP contribution in [0.25, 0.3) is 0 Å². The number of pyridine rings is 1. The second-order valence-corrected chi connectivity index (χ2v) is 11.6. The van der Waals surface area contributed by atoms with E-state index in [0.717, 1.165) is 29.8 Å². The van der Waals surface area contributed by atoms with Crippen LogP contribution >= 0.6 is 0 Å². The molecule has 3 saturated heterocycles. The molecule has 0 radical (unpaired) electrons. The van der Waals surface area contributed by atoms with E-state index in [1.165, 1.54) is 10.5 Å². The number of halogens is 3. The average Bonchev–Trinajstić information content (AvgIpc) is 3.45. The summed E-state index contributed by atoms with van der Waals surface area (Å²) in [5.41, 5.74) is 11.1. The maximum absolute atomic E-state index is 13.4. The molecule has 5 unspecified atom stereocenters. The number of benzene rings is 1. The van der Waals surface area contributed by atoms with E-state index in [9.17, 15) is 18.0 Å². The van der Waals surface area contributed by atoms with Gasteiger partial charge in [-0.25, -0.2) is 10.2 Å². The Hall–Kier alpha value is -2.69. The topological polar surface area (TPSA) is 72.5 Å². The lowest BCUT2D eigenvalue weighted by Crippen LogP contribution is -2.63. The molecule has 2 aromatic rings. The van der Waals surface area contributed by atoms with E-state index in [2.05, 4.69) is 33.3 Å². The molecular weight excluding hydrogens is 493 g/mol. The van der Waals surface area contributed by atoms with Gasteiger partial charge in [0.2, 0.25) is 0 Å². The lowest BCUT2D eigenvalue weighted by Gasteiger charge is -2.48. The van der Waals surface area contributed by atoms with Gasteiger partial charge in [-0.05, 0) is 61.8 Å². The minimum absolute atomic E-state index is 0.0526. The second-order valence-electron chi connectivity index (χ2n) is 11.6.